The Morgan fingerprint density at radius 3 is 2.33 bits per heavy atom. The summed E-state index contributed by atoms with van der Waals surface area (Å²) in [5.41, 5.74) is 3.84. The molecule has 0 unspecified atom stereocenters. The van der Waals surface area contributed by atoms with Crippen molar-refractivity contribution >= 4 is 0 Å². The fraction of sp³-hybridized carbons (Fsp3) is 0.250. The van der Waals surface area contributed by atoms with Gasteiger partial charge in [0.05, 0.1) is 0 Å². The molecule has 0 bridgehead atoms. The minimum absolute atomic E-state index is 0.244. The first-order valence-electron chi connectivity index (χ1n) is 6.30. The number of rotatable bonds is 3. The highest BCUT2D eigenvalue weighted by atomic mass is 16.3. The smallest absolute Gasteiger partial charge is 0.122 e. The molecule has 2 N–H and O–H groups in total. The van der Waals surface area contributed by atoms with E-state index in [9.17, 15) is 10.2 Å². The van der Waals surface area contributed by atoms with E-state index in [1.165, 1.54) is 0 Å². The van der Waals surface area contributed by atoms with Gasteiger partial charge in [-0.1, -0.05) is 38.1 Å². The lowest BCUT2D eigenvalue weighted by molar-refractivity contribution is 0.462. The number of aromatic hydroxyl groups is 2. The first-order chi connectivity index (χ1) is 8.67. The number of hydrogen-bond acceptors (Lipinski definition) is 2. The topological polar surface area (TPSA) is 40.5 Å². The molecule has 0 amide bonds. The summed E-state index contributed by atoms with van der Waals surface area (Å²) in [5.74, 6) is 0.634. The van der Waals surface area contributed by atoms with Crippen LogP contribution in [0.5, 0.6) is 11.5 Å². The Hall–Kier alpha value is -1.96. The van der Waals surface area contributed by atoms with E-state index in [-0.39, 0.29) is 5.75 Å². The Balaban J connectivity index is 2.61. The summed E-state index contributed by atoms with van der Waals surface area (Å²) in [4.78, 5) is 0. The Bertz CT molecular complexity index is 559. The number of hydrogen-bond donors (Lipinski definition) is 2. The zero-order chi connectivity index (χ0) is 13.1. The first kappa shape index (κ1) is 12.5. The van der Waals surface area contributed by atoms with E-state index >= 15 is 0 Å². The minimum Gasteiger partial charge on any atom is -0.508 e. The van der Waals surface area contributed by atoms with Crippen LogP contribution < -0.4 is 0 Å². The average molecular weight is 242 g/mol. The monoisotopic (exact) mass is 242 g/mol. The Labute approximate surface area is 108 Å². The van der Waals surface area contributed by atoms with Gasteiger partial charge in [-0.2, -0.15) is 0 Å². The standard InChI is InChI=1S/C16H18O2/c1-3-11-8-9-15(14(4-2)16(11)18)12-6-5-7-13(17)10-12/h5-10,17-18H,3-4H2,1-2H3. The van der Waals surface area contributed by atoms with Crippen LogP contribution in [0, 0.1) is 0 Å². The molecule has 0 aliphatic heterocycles. The third-order valence-corrected chi connectivity index (χ3v) is 3.26. The molecule has 0 radical (unpaired) electrons. The summed E-state index contributed by atoms with van der Waals surface area (Å²) < 4.78 is 0. The van der Waals surface area contributed by atoms with Crippen LogP contribution in [-0.2, 0) is 12.8 Å². The molecular formula is C16H18O2. The van der Waals surface area contributed by atoms with Gasteiger partial charge in [-0.05, 0) is 41.7 Å². The SMILES string of the molecule is CCc1ccc(-c2cccc(O)c2)c(CC)c1O. The van der Waals surface area contributed by atoms with Gasteiger partial charge in [0.15, 0.2) is 0 Å². The molecule has 2 aromatic rings. The van der Waals surface area contributed by atoms with Crippen molar-refractivity contribution in [3.63, 3.8) is 0 Å². The quantitative estimate of drug-likeness (QED) is 0.857. The van der Waals surface area contributed by atoms with Crippen LogP contribution in [0.4, 0.5) is 0 Å². The van der Waals surface area contributed by atoms with Crippen molar-refractivity contribution in [2.24, 2.45) is 0 Å². The summed E-state index contributed by atoms with van der Waals surface area (Å²) in [6.07, 6.45) is 1.59. The zero-order valence-electron chi connectivity index (χ0n) is 10.8. The van der Waals surface area contributed by atoms with Crippen LogP contribution in [-0.4, -0.2) is 10.2 Å². The number of phenols is 2. The Morgan fingerprint density at radius 2 is 1.72 bits per heavy atom. The molecule has 0 saturated carbocycles. The lowest BCUT2D eigenvalue weighted by Gasteiger charge is -2.13. The molecule has 2 nitrogen and oxygen atoms in total. The van der Waals surface area contributed by atoms with E-state index in [0.717, 1.165) is 35.1 Å². The molecule has 0 atom stereocenters. The molecule has 2 heteroatoms. The lowest BCUT2D eigenvalue weighted by atomic mass is 9.94. The van der Waals surface area contributed by atoms with Crippen LogP contribution in [0.15, 0.2) is 36.4 Å². The van der Waals surface area contributed by atoms with Gasteiger partial charge in [0.25, 0.3) is 0 Å². The van der Waals surface area contributed by atoms with Crippen molar-refractivity contribution in [1.82, 2.24) is 0 Å². The highest BCUT2D eigenvalue weighted by Crippen LogP contribution is 2.34. The van der Waals surface area contributed by atoms with E-state index in [4.69, 9.17) is 0 Å². The molecule has 0 aliphatic rings. The maximum atomic E-state index is 10.2. The second-order valence-electron chi connectivity index (χ2n) is 4.36. The van der Waals surface area contributed by atoms with Crippen molar-refractivity contribution in [1.29, 1.82) is 0 Å². The number of aryl methyl sites for hydroxylation is 1. The summed E-state index contributed by atoms with van der Waals surface area (Å²) in [6, 6.07) is 11.1. The lowest BCUT2D eigenvalue weighted by Crippen LogP contribution is -1.93. The predicted molar refractivity (Wildman–Crippen MR) is 74.0 cm³/mol. The molecule has 0 spiro atoms. The molecule has 0 saturated heterocycles. The predicted octanol–water partition coefficient (Wildman–Crippen LogP) is 3.89. The molecule has 0 heterocycles. The second-order valence-corrected chi connectivity index (χ2v) is 4.36. The second kappa shape index (κ2) is 5.13. The van der Waals surface area contributed by atoms with Crippen molar-refractivity contribution in [2.75, 3.05) is 0 Å². The Kier molecular flexibility index (Phi) is 3.56. The van der Waals surface area contributed by atoms with Crippen molar-refractivity contribution in [3.8, 4) is 22.6 Å². The van der Waals surface area contributed by atoms with Gasteiger partial charge in [0.1, 0.15) is 11.5 Å². The van der Waals surface area contributed by atoms with Crippen molar-refractivity contribution in [2.45, 2.75) is 26.7 Å². The third kappa shape index (κ3) is 2.19. The average Bonchev–Trinajstić information content (AvgIpc) is 2.38. The fourth-order valence-electron chi connectivity index (χ4n) is 2.27. The van der Waals surface area contributed by atoms with Crippen LogP contribution >= 0.6 is 0 Å². The van der Waals surface area contributed by atoms with Crippen LogP contribution in [0.25, 0.3) is 11.1 Å². The van der Waals surface area contributed by atoms with Crippen molar-refractivity contribution in [3.05, 3.63) is 47.5 Å². The van der Waals surface area contributed by atoms with Gasteiger partial charge in [0.2, 0.25) is 0 Å². The normalized spacial score (nSPS) is 10.6. The van der Waals surface area contributed by atoms with Gasteiger partial charge in [-0.15, -0.1) is 0 Å². The van der Waals surface area contributed by atoms with E-state index in [2.05, 4.69) is 0 Å². The van der Waals surface area contributed by atoms with Gasteiger partial charge in [-0.25, -0.2) is 0 Å². The molecule has 2 rings (SSSR count). The zero-order valence-corrected chi connectivity index (χ0v) is 10.8. The molecule has 2 aromatic carbocycles. The van der Waals surface area contributed by atoms with Crippen LogP contribution in [0.1, 0.15) is 25.0 Å². The van der Waals surface area contributed by atoms with Gasteiger partial charge < -0.3 is 10.2 Å². The molecule has 94 valence electrons. The van der Waals surface area contributed by atoms with Gasteiger partial charge in [-0.3, -0.25) is 0 Å². The fourth-order valence-corrected chi connectivity index (χ4v) is 2.27. The van der Waals surface area contributed by atoms with Gasteiger partial charge >= 0.3 is 0 Å². The molecule has 0 aromatic heterocycles. The van der Waals surface area contributed by atoms with E-state index < -0.39 is 0 Å². The molecule has 0 aliphatic carbocycles. The maximum absolute atomic E-state index is 10.2. The van der Waals surface area contributed by atoms with Crippen LogP contribution in [0.2, 0.25) is 0 Å². The molecular weight excluding hydrogens is 224 g/mol. The number of phenolic OH excluding ortho intramolecular Hbond substituents is 2. The van der Waals surface area contributed by atoms with E-state index in [1.807, 2.05) is 38.1 Å². The van der Waals surface area contributed by atoms with E-state index in [1.54, 1.807) is 12.1 Å². The van der Waals surface area contributed by atoms with Crippen molar-refractivity contribution < 1.29 is 10.2 Å². The maximum Gasteiger partial charge on any atom is 0.122 e. The molecule has 0 fully saturated rings. The van der Waals surface area contributed by atoms with Gasteiger partial charge in [0, 0.05) is 5.56 Å². The highest BCUT2D eigenvalue weighted by molar-refractivity contribution is 5.72. The molecule has 18 heavy (non-hydrogen) atoms. The summed E-state index contributed by atoms with van der Waals surface area (Å²) in [7, 11) is 0. The highest BCUT2D eigenvalue weighted by Gasteiger charge is 2.11. The number of benzene rings is 2. The summed E-state index contributed by atoms with van der Waals surface area (Å²) in [5, 5.41) is 19.8. The largest absolute Gasteiger partial charge is 0.508 e. The summed E-state index contributed by atoms with van der Waals surface area (Å²) >= 11 is 0. The summed E-state index contributed by atoms with van der Waals surface area (Å²) in [6.45, 7) is 4.06. The third-order valence-electron chi connectivity index (χ3n) is 3.26. The van der Waals surface area contributed by atoms with E-state index in [0.29, 0.717) is 5.75 Å². The first-order valence-corrected chi connectivity index (χ1v) is 6.30. The minimum atomic E-state index is 0.244. The van der Waals surface area contributed by atoms with Crippen LogP contribution in [0.3, 0.4) is 0 Å². The Morgan fingerprint density at radius 1 is 0.944 bits per heavy atom.